The number of ether oxygens (including phenoxy) is 1. The third-order valence-electron chi connectivity index (χ3n) is 2.30. The Hall–Kier alpha value is -1.90. The Labute approximate surface area is 132 Å². The number of hydrogen-bond acceptors (Lipinski definition) is 3. The molecule has 0 aliphatic carbocycles. The number of hydrogen-bond donors (Lipinski definition) is 2. The van der Waals surface area contributed by atoms with Gasteiger partial charge < -0.3 is 16.2 Å². The quantitative estimate of drug-likeness (QED) is 0.479. The van der Waals surface area contributed by atoms with Crippen molar-refractivity contribution in [3.8, 4) is 11.5 Å². The standard InChI is InChI=1S/C13H13FN4O.HI/c14-11-6-9(7-18-13(15)16)3-4-12(11)19-10-2-1-5-17-8-10;/h1-6,8H,7H2,(H4,15,16,18);1H. The van der Waals surface area contributed by atoms with Crippen molar-refractivity contribution in [1.29, 1.82) is 0 Å². The van der Waals surface area contributed by atoms with Crippen LogP contribution < -0.4 is 16.2 Å². The molecule has 1 aromatic heterocycles. The molecule has 4 N–H and O–H groups in total. The second-order valence-electron chi connectivity index (χ2n) is 3.80. The molecule has 0 saturated heterocycles. The van der Waals surface area contributed by atoms with E-state index in [-0.39, 0.29) is 42.2 Å². The Morgan fingerprint density at radius 1 is 1.30 bits per heavy atom. The summed E-state index contributed by atoms with van der Waals surface area (Å²) in [6.45, 7) is 0.229. The highest BCUT2D eigenvalue weighted by atomic mass is 127. The molecule has 0 amide bonds. The van der Waals surface area contributed by atoms with E-state index in [9.17, 15) is 4.39 Å². The average Bonchev–Trinajstić information content (AvgIpc) is 2.40. The van der Waals surface area contributed by atoms with Crippen molar-refractivity contribution in [2.75, 3.05) is 0 Å². The molecule has 2 aromatic rings. The van der Waals surface area contributed by atoms with E-state index in [4.69, 9.17) is 16.2 Å². The molecular formula is C13H14FIN4O. The summed E-state index contributed by atoms with van der Waals surface area (Å²) in [6, 6.07) is 7.96. The number of nitrogens with two attached hydrogens (primary N) is 2. The lowest BCUT2D eigenvalue weighted by atomic mass is 10.2. The third kappa shape index (κ3) is 4.65. The Morgan fingerprint density at radius 2 is 2.10 bits per heavy atom. The minimum absolute atomic E-state index is 0. The third-order valence-corrected chi connectivity index (χ3v) is 2.30. The van der Waals surface area contributed by atoms with Gasteiger partial charge in [0.05, 0.1) is 12.7 Å². The summed E-state index contributed by atoms with van der Waals surface area (Å²) >= 11 is 0. The monoisotopic (exact) mass is 388 g/mol. The number of guanidine groups is 1. The van der Waals surface area contributed by atoms with Gasteiger partial charge in [0.2, 0.25) is 0 Å². The fourth-order valence-electron chi connectivity index (χ4n) is 1.44. The highest BCUT2D eigenvalue weighted by Gasteiger charge is 2.06. The number of benzene rings is 1. The first-order valence-electron chi connectivity index (χ1n) is 5.57. The van der Waals surface area contributed by atoms with Crippen LogP contribution in [-0.2, 0) is 6.54 Å². The molecule has 0 unspecified atom stereocenters. The van der Waals surface area contributed by atoms with Crippen molar-refractivity contribution in [3.05, 3.63) is 54.1 Å². The number of halogens is 2. The molecule has 1 heterocycles. The molecule has 106 valence electrons. The molecule has 0 atom stereocenters. The highest BCUT2D eigenvalue weighted by molar-refractivity contribution is 14.0. The van der Waals surface area contributed by atoms with Gasteiger partial charge in [0.15, 0.2) is 17.5 Å². The fraction of sp³-hybridized carbons (Fsp3) is 0.0769. The van der Waals surface area contributed by atoms with Gasteiger partial charge in [0, 0.05) is 6.20 Å². The maximum atomic E-state index is 13.8. The van der Waals surface area contributed by atoms with Gasteiger partial charge in [-0.2, -0.15) is 0 Å². The van der Waals surface area contributed by atoms with Gasteiger partial charge >= 0.3 is 0 Å². The van der Waals surface area contributed by atoms with Crippen molar-refractivity contribution in [2.24, 2.45) is 16.5 Å². The smallest absolute Gasteiger partial charge is 0.186 e. The summed E-state index contributed by atoms with van der Waals surface area (Å²) < 4.78 is 19.2. The lowest BCUT2D eigenvalue weighted by Gasteiger charge is -2.07. The number of pyridine rings is 1. The topological polar surface area (TPSA) is 86.5 Å². The zero-order valence-corrected chi connectivity index (χ0v) is 12.8. The van der Waals surface area contributed by atoms with E-state index in [1.807, 2.05) is 0 Å². The first-order valence-corrected chi connectivity index (χ1v) is 5.57. The SMILES string of the molecule is I.NC(N)=NCc1ccc(Oc2cccnc2)c(F)c1. The van der Waals surface area contributed by atoms with Gasteiger partial charge in [0.25, 0.3) is 0 Å². The maximum absolute atomic E-state index is 13.8. The van der Waals surface area contributed by atoms with E-state index in [0.29, 0.717) is 11.3 Å². The number of aromatic nitrogens is 1. The Morgan fingerprint density at radius 3 is 2.70 bits per heavy atom. The molecule has 0 spiro atoms. The van der Waals surface area contributed by atoms with Crippen molar-refractivity contribution >= 4 is 29.9 Å². The van der Waals surface area contributed by atoms with E-state index < -0.39 is 5.82 Å². The van der Waals surface area contributed by atoms with Crippen LogP contribution in [0.2, 0.25) is 0 Å². The maximum Gasteiger partial charge on any atom is 0.186 e. The molecule has 0 aliphatic heterocycles. The minimum atomic E-state index is -0.479. The minimum Gasteiger partial charge on any atom is -0.453 e. The molecule has 7 heteroatoms. The number of aliphatic imine (C=N–C) groups is 1. The summed E-state index contributed by atoms with van der Waals surface area (Å²) in [5.74, 6) is 0.0862. The van der Waals surface area contributed by atoms with Crippen molar-refractivity contribution in [1.82, 2.24) is 4.98 Å². The average molecular weight is 388 g/mol. The van der Waals surface area contributed by atoms with Gasteiger partial charge in [0.1, 0.15) is 5.75 Å². The Bertz CT molecular complexity index is 588. The first kappa shape index (κ1) is 16.2. The highest BCUT2D eigenvalue weighted by Crippen LogP contribution is 2.24. The van der Waals surface area contributed by atoms with E-state index >= 15 is 0 Å². The van der Waals surface area contributed by atoms with Crippen molar-refractivity contribution in [3.63, 3.8) is 0 Å². The van der Waals surface area contributed by atoms with Crippen LogP contribution >= 0.6 is 24.0 Å². The fourth-order valence-corrected chi connectivity index (χ4v) is 1.44. The summed E-state index contributed by atoms with van der Waals surface area (Å²) in [5, 5.41) is 0. The molecule has 0 saturated carbocycles. The van der Waals surface area contributed by atoms with Gasteiger partial charge in [-0.05, 0) is 29.8 Å². The van der Waals surface area contributed by atoms with E-state index in [1.165, 1.54) is 18.3 Å². The van der Waals surface area contributed by atoms with Crippen LogP contribution in [0.5, 0.6) is 11.5 Å². The van der Waals surface area contributed by atoms with Crippen LogP contribution in [0.3, 0.4) is 0 Å². The van der Waals surface area contributed by atoms with Crippen LogP contribution in [0.15, 0.2) is 47.7 Å². The number of nitrogens with zero attached hydrogens (tertiary/aromatic N) is 2. The molecule has 0 aliphatic rings. The van der Waals surface area contributed by atoms with E-state index in [2.05, 4.69) is 9.98 Å². The lowest BCUT2D eigenvalue weighted by molar-refractivity contribution is 0.440. The van der Waals surface area contributed by atoms with Crippen LogP contribution in [0.4, 0.5) is 4.39 Å². The lowest BCUT2D eigenvalue weighted by Crippen LogP contribution is -2.22. The molecule has 0 radical (unpaired) electrons. The second kappa shape index (κ2) is 7.63. The normalized spacial score (nSPS) is 9.45. The van der Waals surface area contributed by atoms with Crippen LogP contribution in [-0.4, -0.2) is 10.9 Å². The number of rotatable bonds is 4. The van der Waals surface area contributed by atoms with Gasteiger partial charge in [-0.25, -0.2) is 9.38 Å². The Kier molecular flexibility index (Phi) is 6.16. The molecule has 0 bridgehead atoms. The van der Waals surface area contributed by atoms with Gasteiger partial charge in [-0.15, -0.1) is 24.0 Å². The largest absolute Gasteiger partial charge is 0.453 e. The molecule has 5 nitrogen and oxygen atoms in total. The summed E-state index contributed by atoms with van der Waals surface area (Å²) in [6.07, 6.45) is 3.12. The van der Waals surface area contributed by atoms with Crippen LogP contribution in [0.25, 0.3) is 0 Å². The zero-order valence-electron chi connectivity index (χ0n) is 10.5. The Balaban J connectivity index is 0.00000200. The van der Waals surface area contributed by atoms with Gasteiger partial charge in [-0.3, -0.25) is 4.98 Å². The van der Waals surface area contributed by atoms with Crippen molar-refractivity contribution in [2.45, 2.75) is 6.54 Å². The second-order valence-corrected chi connectivity index (χ2v) is 3.80. The van der Waals surface area contributed by atoms with Gasteiger partial charge in [-0.1, -0.05) is 6.07 Å². The van der Waals surface area contributed by atoms with Crippen LogP contribution in [0, 0.1) is 5.82 Å². The summed E-state index contributed by atoms with van der Waals surface area (Å²) in [7, 11) is 0. The van der Waals surface area contributed by atoms with E-state index in [0.717, 1.165) is 0 Å². The molecule has 20 heavy (non-hydrogen) atoms. The molecule has 0 fully saturated rings. The van der Waals surface area contributed by atoms with Crippen LogP contribution in [0.1, 0.15) is 5.56 Å². The predicted octanol–water partition coefficient (Wildman–Crippen LogP) is 2.40. The molecule has 2 rings (SSSR count). The summed E-state index contributed by atoms with van der Waals surface area (Å²) in [5.41, 5.74) is 11.1. The first-order chi connectivity index (χ1) is 9.15. The molecular weight excluding hydrogens is 374 g/mol. The van der Waals surface area contributed by atoms with Crippen molar-refractivity contribution < 1.29 is 9.13 Å². The molecule has 1 aromatic carbocycles. The predicted molar refractivity (Wildman–Crippen MR) is 85.6 cm³/mol. The summed E-state index contributed by atoms with van der Waals surface area (Å²) in [4.78, 5) is 7.69. The van der Waals surface area contributed by atoms with E-state index in [1.54, 1.807) is 24.4 Å². The zero-order chi connectivity index (χ0) is 13.7.